The van der Waals surface area contributed by atoms with Crippen molar-refractivity contribution >= 4 is 34.7 Å². The van der Waals surface area contributed by atoms with Crippen molar-refractivity contribution in [1.29, 1.82) is 0 Å². The first-order valence-electron chi connectivity index (χ1n) is 9.60. The summed E-state index contributed by atoms with van der Waals surface area (Å²) in [5, 5.41) is 14.1. The van der Waals surface area contributed by atoms with Crippen molar-refractivity contribution < 1.29 is 4.79 Å². The zero-order valence-electron chi connectivity index (χ0n) is 16.8. The van der Waals surface area contributed by atoms with E-state index in [4.69, 9.17) is 0 Å². The summed E-state index contributed by atoms with van der Waals surface area (Å²) in [5.74, 6) is 0.795. The van der Waals surface area contributed by atoms with Crippen LogP contribution >= 0.6 is 23.1 Å². The number of hydrogen-bond acceptors (Lipinski definition) is 5. The van der Waals surface area contributed by atoms with Crippen LogP contribution in [0.4, 0.5) is 5.69 Å². The lowest BCUT2D eigenvalue weighted by Gasteiger charge is -2.16. The molecule has 2 heterocycles. The average molecular weight is 435 g/mol. The van der Waals surface area contributed by atoms with Crippen LogP contribution in [0.25, 0.3) is 0 Å². The van der Waals surface area contributed by atoms with Crippen LogP contribution in [0.3, 0.4) is 0 Å². The number of carbonyl (C=O) groups is 1. The second-order valence-electron chi connectivity index (χ2n) is 6.98. The van der Waals surface area contributed by atoms with Gasteiger partial charge in [-0.15, -0.1) is 21.5 Å². The summed E-state index contributed by atoms with van der Waals surface area (Å²) in [6.07, 6.45) is 0.729. The average Bonchev–Trinajstić information content (AvgIpc) is 3.39. The molecule has 30 heavy (non-hydrogen) atoms. The van der Waals surface area contributed by atoms with Gasteiger partial charge in [-0.1, -0.05) is 65.9 Å². The van der Waals surface area contributed by atoms with Gasteiger partial charge in [0.15, 0.2) is 5.16 Å². The van der Waals surface area contributed by atoms with E-state index >= 15 is 0 Å². The van der Waals surface area contributed by atoms with Gasteiger partial charge < -0.3 is 9.88 Å². The van der Waals surface area contributed by atoms with Crippen LogP contribution in [0, 0.1) is 6.92 Å². The summed E-state index contributed by atoms with van der Waals surface area (Å²) in [7, 11) is 1.95. The fourth-order valence-corrected chi connectivity index (χ4v) is 4.74. The van der Waals surface area contributed by atoms with E-state index in [0.717, 1.165) is 34.2 Å². The minimum absolute atomic E-state index is 0.0853. The molecule has 0 aliphatic heterocycles. The second-order valence-corrected chi connectivity index (χ2v) is 9.08. The fourth-order valence-electron chi connectivity index (χ4n) is 3.02. The molecule has 1 amide bonds. The number of nitrogens with zero attached hydrogens (tertiary/aromatic N) is 3. The molecule has 0 aliphatic carbocycles. The monoisotopic (exact) mass is 434 g/mol. The maximum absolute atomic E-state index is 13.2. The molecule has 0 aliphatic rings. The van der Waals surface area contributed by atoms with Gasteiger partial charge >= 0.3 is 0 Å². The Balaban J connectivity index is 1.57. The molecule has 0 fully saturated rings. The summed E-state index contributed by atoms with van der Waals surface area (Å²) < 4.78 is 1.97. The molecule has 1 N–H and O–H groups in total. The Kier molecular flexibility index (Phi) is 6.30. The van der Waals surface area contributed by atoms with Gasteiger partial charge in [-0.25, -0.2) is 0 Å². The van der Waals surface area contributed by atoms with Crippen LogP contribution in [0.1, 0.15) is 27.1 Å². The van der Waals surface area contributed by atoms with E-state index in [9.17, 15) is 4.79 Å². The Bertz CT molecular complexity index is 1110. The summed E-state index contributed by atoms with van der Waals surface area (Å²) in [6.45, 7) is 2.02. The highest BCUT2D eigenvalue weighted by atomic mass is 32.2. The van der Waals surface area contributed by atoms with E-state index in [0.29, 0.717) is 0 Å². The minimum Gasteiger partial charge on any atom is -0.325 e. The standard InChI is InChI=1S/C23H22N4OS2/c1-16-10-12-18(13-11-16)24-22(28)21(17-7-4-3-5-8-17)30-23-26-25-20(27(23)2)15-19-9-6-14-29-19/h3-14,21H,15H2,1-2H3,(H,24,28)/t21-/m0/s1. The number of nitrogens with one attached hydrogen (secondary N) is 1. The summed E-state index contributed by atoms with van der Waals surface area (Å²) in [6, 6.07) is 21.7. The smallest absolute Gasteiger partial charge is 0.242 e. The third kappa shape index (κ3) is 4.80. The highest BCUT2D eigenvalue weighted by molar-refractivity contribution is 8.00. The fraction of sp³-hybridized carbons (Fsp3) is 0.174. The molecular weight excluding hydrogens is 412 g/mol. The first-order valence-corrected chi connectivity index (χ1v) is 11.4. The quantitative estimate of drug-likeness (QED) is 0.404. The number of amides is 1. The van der Waals surface area contributed by atoms with E-state index < -0.39 is 5.25 Å². The predicted molar refractivity (Wildman–Crippen MR) is 123 cm³/mol. The van der Waals surface area contributed by atoms with E-state index in [1.807, 2.05) is 79.2 Å². The third-order valence-corrected chi connectivity index (χ3v) is 6.89. The van der Waals surface area contributed by atoms with Crippen molar-refractivity contribution in [3.8, 4) is 0 Å². The van der Waals surface area contributed by atoms with Gasteiger partial charge in [-0.3, -0.25) is 4.79 Å². The maximum Gasteiger partial charge on any atom is 0.242 e. The largest absolute Gasteiger partial charge is 0.325 e. The maximum atomic E-state index is 13.2. The molecule has 0 unspecified atom stereocenters. The van der Waals surface area contributed by atoms with E-state index in [1.54, 1.807) is 11.3 Å². The lowest BCUT2D eigenvalue weighted by molar-refractivity contribution is -0.115. The van der Waals surface area contributed by atoms with Crippen molar-refractivity contribution in [2.75, 3.05) is 5.32 Å². The van der Waals surface area contributed by atoms with Gasteiger partial charge in [0.05, 0.1) is 0 Å². The van der Waals surface area contributed by atoms with Gasteiger partial charge in [-0.05, 0) is 36.1 Å². The van der Waals surface area contributed by atoms with Crippen molar-refractivity contribution in [2.24, 2.45) is 7.05 Å². The molecule has 152 valence electrons. The number of thioether (sulfide) groups is 1. The second kappa shape index (κ2) is 9.28. The number of anilines is 1. The first-order chi connectivity index (χ1) is 14.6. The lowest BCUT2D eigenvalue weighted by Crippen LogP contribution is -2.19. The van der Waals surface area contributed by atoms with Gasteiger partial charge in [0.2, 0.25) is 5.91 Å². The van der Waals surface area contributed by atoms with Crippen LogP contribution in [-0.2, 0) is 18.3 Å². The summed E-state index contributed by atoms with van der Waals surface area (Å²) >= 11 is 3.11. The molecule has 0 bridgehead atoms. The van der Waals surface area contributed by atoms with Crippen LogP contribution in [0.2, 0.25) is 0 Å². The Morgan fingerprint density at radius 2 is 1.83 bits per heavy atom. The molecule has 2 aromatic heterocycles. The van der Waals surface area contributed by atoms with E-state index in [-0.39, 0.29) is 5.91 Å². The van der Waals surface area contributed by atoms with Crippen molar-refractivity contribution in [3.05, 3.63) is 93.9 Å². The van der Waals surface area contributed by atoms with Crippen molar-refractivity contribution in [1.82, 2.24) is 14.8 Å². The Morgan fingerprint density at radius 3 is 2.53 bits per heavy atom. The SMILES string of the molecule is Cc1ccc(NC(=O)[C@@H](Sc2nnc(Cc3cccs3)n2C)c2ccccc2)cc1. The highest BCUT2D eigenvalue weighted by Gasteiger charge is 2.25. The molecule has 0 saturated heterocycles. The lowest BCUT2D eigenvalue weighted by atomic mass is 10.1. The summed E-state index contributed by atoms with van der Waals surface area (Å²) in [5.41, 5.74) is 2.86. The van der Waals surface area contributed by atoms with E-state index in [1.165, 1.54) is 16.6 Å². The molecule has 7 heteroatoms. The zero-order chi connectivity index (χ0) is 20.9. The Labute approximate surface area is 184 Å². The van der Waals surface area contributed by atoms with Crippen LogP contribution in [-0.4, -0.2) is 20.7 Å². The Morgan fingerprint density at radius 1 is 1.07 bits per heavy atom. The normalized spacial score (nSPS) is 11.9. The molecule has 4 rings (SSSR count). The van der Waals surface area contributed by atoms with Crippen molar-refractivity contribution in [2.45, 2.75) is 23.8 Å². The highest BCUT2D eigenvalue weighted by Crippen LogP contribution is 2.35. The van der Waals surface area contributed by atoms with Gasteiger partial charge in [0.1, 0.15) is 11.1 Å². The first kappa shape index (κ1) is 20.4. The van der Waals surface area contributed by atoms with Crippen LogP contribution in [0.15, 0.2) is 77.3 Å². The molecule has 0 saturated carbocycles. The van der Waals surface area contributed by atoms with Crippen LogP contribution in [0.5, 0.6) is 0 Å². The number of benzene rings is 2. The molecule has 0 spiro atoms. The topological polar surface area (TPSA) is 59.8 Å². The van der Waals surface area contributed by atoms with Gasteiger partial charge in [0.25, 0.3) is 0 Å². The van der Waals surface area contributed by atoms with E-state index in [2.05, 4.69) is 27.0 Å². The van der Waals surface area contributed by atoms with Gasteiger partial charge in [-0.2, -0.15) is 0 Å². The number of carbonyl (C=O) groups excluding carboxylic acids is 1. The number of aromatic nitrogens is 3. The Hall–Kier alpha value is -2.90. The molecule has 4 aromatic rings. The number of aryl methyl sites for hydroxylation is 1. The zero-order valence-corrected chi connectivity index (χ0v) is 18.4. The number of rotatable bonds is 7. The van der Waals surface area contributed by atoms with Gasteiger partial charge in [0, 0.05) is 24.0 Å². The predicted octanol–water partition coefficient (Wildman–Crippen LogP) is 5.25. The summed E-state index contributed by atoms with van der Waals surface area (Å²) in [4.78, 5) is 14.4. The molecule has 1 atom stereocenters. The number of hydrogen-bond donors (Lipinski definition) is 1. The third-order valence-electron chi connectivity index (χ3n) is 4.72. The molecule has 0 radical (unpaired) electrons. The minimum atomic E-state index is -0.440. The molecule has 2 aromatic carbocycles. The number of thiophene rings is 1. The molecular formula is C23H22N4OS2. The van der Waals surface area contributed by atoms with Crippen LogP contribution < -0.4 is 5.32 Å². The van der Waals surface area contributed by atoms with Crippen molar-refractivity contribution in [3.63, 3.8) is 0 Å². The molecule has 5 nitrogen and oxygen atoms in total.